The molecular formula is C15H29NO. The van der Waals surface area contributed by atoms with Crippen molar-refractivity contribution in [3.8, 4) is 0 Å². The summed E-state index contributed by atoms with van der Waals surface area (Å²) in [5.41, 5.74) is 0. The Hall–Kier alpha value is -0.600. The Morgan fingerprint density at radius 3 is 1.94 bits per heavy atom. The predicted octanol–water partition coefficient (Wildman–Crippen LogP) is 3.65. The van der Waals surface area contributed by atoms with Crippen molar-refractivity contribution >= 4 is 0 Å². The maximum Gasteiger partial charge on any atom is 0.0462 e. The first-order chi connectivity index (χ1) is 8.35. The van der Waals surface area contributed by atoms with Crippen molar-refractivity contribution in [1.29, 1.82) is 0 Å². The summed E-state index contributed by atoms with van der Waals surface area (Å²) in [5, 5.41) is 0. The molecule has 0 bridgehead atoms. The molecule has 2 heteroatoms. The third-order valence-corrected chi connectivity index (χ3v) is 2.85. The number of rotatable bonds is 13. The zero-order valence-corrected chi connectivity index (χ0v) is 11.5. The molecule has 0 aliphatic rings. The Kier molecular flexibility index (Phi) is 13.0. The summed E-state index contributed by atoms with van der Waals surface area (Å²) in [7, 11) is 1.77. The largest absolute Gasteiger partial charge is 0.385 e. The maximum atomic E-state index is 5.03. The molecule has 0 aromatic carbocycles. The molecule has 17 heavy (non-hydrogen) atoms. The zero-order chi connectivity index (χ0) is 12.8. The summed E-state index contributed by atoms with van der Waals surface area (Å²) in [5.74, 6) is 0. The van der Waals surface area contributed by atoms with Crippen molar-refractivity contribution in [3.05, 3.63) is 25.3 Å². The Morgan fingerprint density at radius 2 is 1.41 bits per heavy atom. The van der Waals surface area contributed by atoms with E-state index in [4.69, 9.17) is 4.74 Å². The topological polar surface area (TPSA) is 12.5 Å². The number of unbranched alkanes of at least 4 members (excludes halogenated alkanes) is 5. The van der Waals surface area contributed by atoms with Crippen LogP contribution in [0.1, 0.15) is 38.5 Å². The highest BCUT2D eigenvalue weighted by molar-refractivity contribution is 4.79. The van der Waals surface area contributed by atoms with Crippen LogP contribution in [0.3, 0.4) is 0 Å². The lowest BCUT2D eigenvalue weighted by Gasteiger charge is -2.18. The van der Waals surface area contributed by atoms with E-state index in [1.54, 1.807) is 7.11 Å². The fourth-order valence-electron chi connectivity index (χ4n) is 1.91. The molecule has 0 aromatic rings. The number of methoxy groups -OCH3 is 1. The van der Waals surface area contributed by atoms with Crippen LogP contribution in [-0.4, -0.2) is 38.3 Å². The lowest BCUT2D eigenvalue weighted by atomic mass is 10.1. The van der Waals surface area contributed by atoms with E-state index in [0.717, 1.165) is 26.2 Å². The molecule has 0 saturated carbocycles. The molecule has 0 atom stereocenters. The first-order valence-corrected chi connectivity index (χ1v) is 6.78. The SMILES string of the molecule is C=CCN(CC=C)CCCCCCCCOC. The summed E-state index contributed by atoms with van der Waals surface area (Å²) < 4.78 is 5.03. The molecule has 0 spiro atoms. The standard InChI is InChI=1S/C15H29NO/c1-4-12-16(13-5-2)14-10-8-6-7-9-11-15-17-3/h4-5H,1-2,6-15H2,3H3. The van der Waals surface area contributed by atoms with E-state index in [9.17, 15) is 0 Å². The van der Waals surface area contributed by atoms with Gasteiger partial charge in [-0.25, -0.2) is 0 Å². The van der Waals surface area contributed by atoms with Gasteiger partial charge in [-0.2, -0.15) is 0 Å². The fourth-order valence-corrected chi connectivity index (χ4v) is 1.91. The average molecular weight is 239 g/mol. The molecular weight excluding hydrogens is 210 g/mol. The van der Waals surface area contributed by atoms with Gasteiger partial charge in [0, 0.05) is 26.8 Å². The lowest BCUT2D eigenvalue weighted by Crippen LogP contribution is -2.24. The number of hydrogen-bond acceptors (Lipinski definition) is 2. The molecule has 0 aliphatic carbocycles. The van der Waals surface area contributed by atoms with Gasteiger partial charge in [0.1, 0.15) is 0 Å². The third-order valence-electron chi connectivity index (χ3n) is 2.85. The molecule has 0 radical (unpaired) electrons. The summed E-state index contributed by atoms with van der Waals surface area (Å²) in [6, 6.07) is 0. The van der Waals surface area contributed by atoms with E-state index < -0.39 is 0 Å². The highest BCUT2D eigenvalue weighted by Crippen LogP contribution is 2.06. The fraction of sp³-hybridized carbons (Fsp3) is 0.733. The van der Waals surface area contributed by atoms with E-state index in [-0.39, 0.29) is 0 Å². The molecule has 0 amide bonds. The second-order valence-corrected chi connectivity index (χ2v) is 4.45. The van der Waals surface area contributed by atoms with Gasteiger partial charge in [-0.1, -0.05) is 37.8 Å². The van der Waals surface area contributed by atoms with E-state index in [1.165, 1.54) is 38.5 Å². The molecule has 0 rings (SSSR count). The Morgan fingerprint density at radius 1 is 0.882 bits per heavy atom. The van der Waals surface area contributed by atoms with Crippen LogP contribution >= 0.6 is 0 Å². The number of ether oxygens (including phenoxy) is 1. The van der Waals surface area contributed by atoms with E-state index >= 15 is 0 Å². The van der Waals surface area contributed by atoms with Crippen LogP contribution in [0.25, 0.3) is 0 Å². The Balaban J connectivity index is 3.29. The molecule has 0 saturated heterocycles. The van der Waals surface area contributed by atoms with Gasteiger partial charge in [0.2, 0.25) is 0 Å². The van der Waals surface area contributed by atoms with Crippen molar-refractivity contribution in [2.45, 2.75) is 38.5 Å². The smallest absolute Gasteiger partial charge is 0.0462 e. The third kappa shape index (κ3) is 11.7. The zero-order valence-electron chi connectivity index (χ0n) is 11.5. The summed E-state index contributed by atoms with van der Waals surface area (Å²) in [6.45, 7) is 11.6. The van der Waals surface area contributed by atoms with Gasteiger partial charge in [-0.15, -0.1) is 13.2 Å². The summed E-state index contributed by atoms with van der Waals surface area (Å²) in [6.07, 6.45) is 11.7. The highest BCUT2D eigenvalue weighted by Gasteiger charge is 1.99. The van der Waals surface area contributed by atoms with Crippen molar-refractivity contribution in [1.82, 2.24) is 4.90 Å². The maximum absolute atomic E-state index is 5.03. The van der Waals surface area contributed by atoms with E-state index in [1.807, 2.05) is 12.2 Å². The van der Waals surface area contributed by atoms with Crippen molar-refractivity contribution in [2.75, 3.05) is 33.4 Å². The molecule has 0 heterocycles. The van der Waals surface area contributed by atoms with Gasteiger partial charge in [-0.05, 0) is 19.4 Å². The van der Waals surface area contributed by atoms with E-state index in [2.05, 4.69) is 18.1 Å². The number of hydrogen-bond donors (Lipinski definition) is 0. The van der Waals surface area contributed by atoms with Crippen LogP contribution in [0.2, 0.25) is 0 Å². The minimum absolute atomic E-state index is 0.909. The van der Waals surface area contributed by atoms with Crippen LogP contribution in [0.5, 0.6) is 0 Å². The van der Waals surface area contributed by atoms with Gasteiger partial charge in [0.25, 0.3) is 0 Å². The normalized spacial score (nSPS) is 10.7. The summed E-state index contributed by atoms with van der Waals surface area (Å²) >= 11 is 0. The van der Waals surface area contributed by atoms with Crippen LogP contribution in [0.4, 0.5) is 0 Å². The predicted molar refractivity (Wildman–Crippen MR) is 76.4 cm³/mol. The highest BCUT2D eigenvalue weighted by atomic mass is 16.5. The van der Waals surface area contributed by atoms with Crippen molar-refractivity contribution in [2.24, 2.45) is 0 Å². The van der Waals surface area contributed by atoms with Gasteiger partial charge < -0.3 is 4.74 Å². The van der Waals surface area contributed by atoms with Crippen molar-refractivity contribution < 1.29 is 4.74 Å². The van der Waals surface area contributed by atoms with Gasteiger partial charge in [-0.3, -0.25) is 4.90 Å². The van der Waals surface area contributed by atoms with Crippen LogP contribution in [-0.2, 0) is 4.74 Å². The van der Waals surface area contributed by atoms with E-state index in [0.29, 0.717) is 0 Å². The molecule has 2 nitrogen and oxygen atoms in total. The number of nitrogens with zero attached hydrogens (tertiary/aromatic N) is 1. The van der Waals surface area contributed by atoms with Gasteiger partial charge >= 0.3 is 0 Å². The lowest BCUT2D eigenvalue weighted by molar-refractivity contribution is 0.192. The molecule has 0 unspecified atom stereocenters. The second-order valence-electron chi connectivity index (χ2n) is 4.45. The Bertz CT molecular complexity index is 170. The van der Waals surface area contributed by atoms with Crippen molar-refractivity contribution in [3.63, 3.8) is 0 Å². The Labute approximate surface area is 107 Å². The molecule has 0 N–H and O–H groups in total. The first kappa shape index (κ1) is 16.4. The van der Waals surface area contributed by atoms with Gasteiger partial charge in [0.05, 0.1) is 0 Å². The quantitative estimate of drug-likeness (QED) is 0.359. The molecule has 100 valence electrons. The average Bonchev–Trinajstić information content (AvgIpc) is 2.33. The monoisotopic (exact) mass is 239 g/mol. The first-order valence-electron chi connectivity index (χ1n) is 6.78. The van der Waals surface area contributed by atoms with Crippen LogP contribution in [0.15, 0.2) is 25.3 Å². The second kappa shape index (κ2) is 13.5. The molecule has 0 aliphatic heterocycles. The minimum Gasteiger partial charge on any atom is -0.385 e. The molecule has 0 fully saturated rings. The van der Waals surface area contributed by atoms with Crippen LogP contribution in [0, 0.1) is 0 Å². The van der Waals surface area contributed by atoms with Crippen LogP contribution < -0.4 is 0 Å². The van der Waals surface area contributed by atoms with Gasteiger partial charge in [0.15, 0.2) is 0 Å². The molecule has 0 aromatic heterocycles. The minimum atomic E-state index is 0.909. The summed E-state index contributed by atoms with van der Waals surface area (Å²) in [4.78, 5) is 2.38.